The summed E-state index contributed by atoms with van der Waals surface area (Å²) >= 11 is 0. The first-order valence-corrected chi connectivity index (χ1v) is 8.01. The number of hydrogen-bond donors (Lipinski definition) is 1. The Labute approximate surface area is 123 Å². The minimum atomic E-state index is 0.303. The van der Waals surface area contributed by atoms with E-state index < -0.39 is 0 Å². The molecule has 0 bridgehead atoms. The Balaban J connectivity index is 1.64. The molecule has 1 heterocycles. The number of hydrogen-bond acceptors (Lipinski definition) is 3. The topological polar surface area (TPSA) is 34.1 Å². The van der Waals surface area contributed by atoms with Gasteiger partial charge in [0.2, 0.25) is 0 Å². The summed E-state index contributed by atoms with van der Waals surface area (Å²) in [6, 6.07) is 4.53. The van der Waals surface area contributed by atoms with Gasteiger partial charge < -0.3 is 10.1 Å². The maximum Gasteiger partial charge on any atom is 0.0667 e. The Bertz CT molecular complexity index is 406. The van der Waals surface area contributed by atoms with Gasteiger partial charge in [-0.15, -0.1) is 0 Å². The highest BCUT2D eigenvalue weighted by Gasteiger charge is 2.10. The van der Waals surface area contributed by atoms with Gasteiger partial charge in [-0.1, -0.05) is 6.07 Å². The fourth-order valence-electron chi connectivity index (χ4n) is 2.71. The molecule has 1 aromatic heterocycles. The molecule has 112 valence electrons. The van der Waals surface area contributed by atoms with E-state index in [1.165, 1.54) is 55.5 Å². The molecule has 0 aromatic carbocycles. The average Bonchev–Trinajstić information content (AvgIpc) is 2.50. The molecule has 3 nitrogen and oxygen atoms in total. The normalized spacial score (nSPS) is 15.9. The minimum absolute atomic E-state index is 0.303. The average molecular weight is 276 g/mol. The monoisotopic (exact) mass is 276 g/mol. The second-order valence-corrected chi connectivity index (χ2v) is 5.82. The molecule has 1 N–H and O–H groups in total. The van der Waals surface area contributed by atoms with E-state index in [0.29, 0.717) is 6.10 Å². The molecule has 20 heavy (non-hydrogen) atoms. The van der Waals surface area contributed by atoms with Crippen LogP contribution in [0.2, 0.25) is 0 Å². The molecular weight excluding hydrogens is 248 g/mol. The molecule has 0 amide bonds. The van der Waals surface area contributed by atoms with Crippen LogP contribution in [0.5, 0.6) is 0 Å². The first-order valence-electron chi connectivity index (χ1n) is 8.01. The van der Waals surface area contributed by atoms with Crippen LogP contribution in [0.25, 0.3) is 0 Å². The van der Waals surface area contributed by atoms with E-state index in [1.807, 2.05) is 0 Å². The number of methoxy groups -OCH3 is 1. The lowest BCUT2D eigenvalue weighted by molar-refractivity contribution is 0.117. The summed E-state index contributed by atoms with van der Waals surface area (Å²) in [5.41, 5.74) is 4.12. The first kappa shape index (κ1) is 15.5. The minimum Gasteiger partial charge on any atom is -0.380 e. The van der Waals surface area contributed by atoms with Crippen molar-refractivity contribution >= 4 is 0 Å². The summed E-state index contributed by atoms with van der Waals surface area (Å²) in [5.74, 6) is 0. The van der Waals surface area contributed by atoms with E-state index in [2.05, 4.69) is 24.4 Å². The van der Waals surface area contributed by atoms with Gasteiger partial charge in [-0.3, -0.25) is 4.98 Å². The van der Waals surface area contributed by atoms with Gasteiger partial charge in [-0.25, -0.2) is 0 Å². The smallest absolute Gasteiger partial charge is 0.0667 e. The number of pyridine rings is 1. The van der Waals surface area contributed by atoms with Gasteiger partial charge in [0.15, 0.2) is 0 Å². The van der Waals surface area contributed by atoms with Crippen LogP contribution in [0.1, 0.15) is 49.6 Å². The third-order valence-corrected chi connectivity index (χ3v) is 4.11. The third kappa shape index (κ3) is 4.88. The number of aryl methyl sites for hydroxylation is 3. The largest absolute Gasteiger partial charge is 0.380 e. The number of ether oxygens (including phenoxy) is 1. The Hall–Kier alpha value is -0.930. The van der Waals surface area contributed by atoms with E-state index in [0.717, 1.165) is 19.5 Å². The molecule has 0 fully saturated rings. The predicted octanol–water partition coefficient (Wildman–Crippen LogP) is 2.91. The lowest BCUT2D eigenvalue weighted by Crippen LogP contribution is -2.26. The SMILES string of the molecule is CO[C@H](C)CNCCCCc1ccc2c(n1)CCCC2. The molecular formula is C17H28N2O. The van der Waals surface area contributed by atoms with E-state index in [9.17, 15) is 0 Å². The van der Waals surface area contributed by atoms with Gasteiger partial charge in [0.05, 0.1) is 6.10 Å². The summed E-state index contributed by atoms with van der Waals surface area (Å²) < 4.78 is 5.21. The van der Waals surface area contributed by atoms with Crippen molar-refractivity contribution in [2.75, 3.05) is 20.2 Å². The van der Waals surface area contributed by atoms with Crippen molar-refractivity contribution in [3.05, 3.63) is 29.1 Å². The lowest BCUT2D eigenvalue weighted by Gasteiger charge is -2.15. The van der Waals surface area contributed by atoms with Crippen molar-refractivity contribution in [1.82, 2.24) is 10.3 Å². The zero-order chi connectivity index (χ0) is 14.2. The van der Waals surface area contributed by atoms with Crippen molar-refractivity contribution in [3.63, 3.8) is 0 Å². The van der Waals surface area contributed by atoms with E-state index in [1.54, 1.807) is 7.11 Å². The fraction of sp³-hybridized carbons (Fsp3) is 0.706. The number of nitrogens with one attached hydrogen (secondary N) is 1. The number of aromatic nitrogens is 1. The van der Waals surface area contributed by atoms with Crippen LogP contribution in [0.4, 0.5) is 0 Å². The number of nitrogens with zero attached hydrogens (tertiary/aromatic N) is 1. The molecule has 0 unspecified atom stereocenters. The second kappa shape index (κ2) is 8.38. The zero-order valence-electron chi connectivity index (χ0n) is 13.0. The summed E-state index contributed by atoms with van der Waals surface area (Å²) in [4.78, 5) is 4.83. The van der Waals surface area contributed by atoms with Crippen LogP contribution < -0.4 is 5.32 Å². The molecule has 0 aliphatic heterocycles. The molecule has 0 saturated carbocycles. The standard InChI is InChI=1S/C17H28N2O/c1-14(20-2)13-18-12-6-5-8-16-11-10-15-7-3-4-9-17(15)19-16/h10-11,14,18H,3-9,12-13H2,1-2H3/t14-/m1/s1. The highest BCUT2D eigenvalue weighted by atomic mass is 16.5. The molecule has 1 aliphatic carbocycles. The zero-order valence-corrected chi connectivity index (χ0v) is 13.0. The van der Waals surface area contributed by atoms with E-state index in [-0.39, 0.29) is 0 Å². The van der Waals surface area contributed by atoms with E-state index >= 15 is 0 Å². The summed E-state index contributed by atoms with van der Waals surface area (Å²) in [7, 11) is 1.76. The number of rotatable bonds is 8. The summed E-state index contributed by atoms with van der Waals surface area (Å²) in [5, 5.41) is 3.43. The maximum atomic E-state index is 5.21. The van der Waals surface area contributed by atoms with Gasteiger partial charge in [-0.05, 0) is 70.0 Å². The van der Waals surface area contributed by atoms with Crippen LogP contribution in [-0.4, -0.2) is 31.3 Å². The molecule has 1 atom stereocenters. The third-order valence-electron chi connectivity index (χ3n) is 4.11. The van der Waals surface area contributed by atoms with Gasteiger partial charge in [0.25, 0.3) is 0 Å². The second-order valence-electron chi connectivity index (χ2n) is 5.82. The van der Waals surface area contributed by atoms with Gasteiger partial charge in [-0.2, -0.15) is 0 Å². The van der Waals surface area contributed by atoms with Crippen molar-refractivity contribution in [2.45, 2.75) is 58.0 Å². The van der Waals surface area contributed by atoms with Crippen LogP contribution in [-0.2, 0) is 24.0 Å². The van der Waals surface area contributed by atoms with Crippen LogP contribution in [0.15, 0.2) is 12.1 Å². The van der Waals surface area contributed by atoms with Crippen molar-refractivity contribution in [1.29, 1.82) is 0 Å². The fourth-order valence-corrected chi connectivity index (χ4v) is 2.71. The molecule has 0 radical (unpaired) electrons. The van der Waals surface area contributed by atoms with Gasteiger partial charge >= 0.3 is 0 Å². The van der Waals surface area contributed by atoms with Gasteiger partial charge in [0.1, 0.15) is 0 Å². The molecule has 3 heteroatoms. The Kier molecular flexibility index (Phi) is 6.48. The first-order chi connectivity index (χ1) is 9.79. The molecule has 0 spiro atoms. The molecule has 0 saturated heterocycles. The molecule has 2 rings (SSSR count). The van der Waals surface area contributed by atoms with Crippen molar-refractivity contribution < 1.29 is 4.74 Å². The van der Waals surface area contributed by atoms with Crippen molar-refractivity contribution in [3.8, 4) is 0 Å². The van der Waals surface area contributed by atoms with Crippen LogP contribution in [0.3, 0.4) is 0 Å². The Morgan fingerprint density at radius 1 is 1.25 bits per heavy atom. The highest BCUT2D eigenvalue weighted by molar-refractivity contribution is 5.25. The quantitative estimate of drug-likeness (QED) is 0.741. The summed E-state index contributed by atoms with van der Waals surface area (Å²) in [6.07, 6.45) is 8.87. The lowest BCUT2D eigenvalue weighted by atomic mass is 9.95. The predicted molar refractivity (Wildman–Crippen MR) is 83.2 cm³/mol. The van der Waals surface area contributed by atoms with E-state index in [4.69, 9.17) is 9.72 Å². The van der Waals surface area contributed by atoms with Crippen LogP contribution >= 0.6 is 0 Å². The molecule has 1 aromatic rings. The Morgan fingerprint density at radius 2 is 2.10 bits per heavy atom. The van der Waals surface area contributed by atoms with Crippen LogP contribution in [0, 0.1) is 0 Å². The Morgan fingerprint density at radius 3 is 2.95 bits per heavy atom. The molecule has 1 aliphatic rings. The number of fused-ring (bicyclic) bond motifs is 1. The van der Waals surface area contributed by atoms with Gasteiger partial charge in [0, 0.05) is 25.0 Å². The highest BCUT2D eigenvalue weighted by Crippen LogP contribution is 2.20. The van der Waals surface area contributed by atoms with Crippen molar-refractivity contribution in [2.24, 2.45) is 0 Å². The maximum absolute atomic E-state index is 5.21. The summed E-state index contributed by atoms with van der Waals surface area (Å²) in [6.45, 7) is 4.09. The number of unbranched alkanes of at least 4 members (excludes halogenated alkanes) is 1.